The van der Waals surface area contributed by atoms with Crippen molar-refractivity contribution >= 4 is 5.96 Å². The van der Waals surface area contributed by atoms with Gasteiger partial charge in [0.1, 0.15) is 11.4 Å². The van der Waals surface area contributed by atoms with Gasteiger partial charge >= 0.3 is 0 Å². The maximum atomic E-state index is 6.03. The lowest BCUT2D eigenvalue weighted by Crippen LogP contribution is -2.36. The first-order valence-electron chi connectivity index (χ1n) is 8.61. The van der Waals surface area contributed by atoms with E-state index in [1.165, 1.54) is 0 Å². The van der Waals surface area contributed by atoms with Gasteiger partial charge in [-0.15, -0.1) is 0 Å². The first-order valence-corrected chi connectivity index (χ1v) is 8.61. The van der Waals surface area contributed by atoms with E-state index in [0.29, 0.717) is 24.9 Å². The second-order valence-electron chi connectivity index (χ2n) is 6.81. The van der Waals surface area contributed by atoms with Crippen molar-refractivity contribution in [2.75, 3.05) is 14.2 Å². The largest absolute Gasteiger partial charge is 0.488 e. The summed E-state index contributed by atoms with van der Waals surface area (Å²) in [6, 6.07) is 11.8. The first kappa shape index (κ1) is 19.6. The quantitative estimate of drug-likeness (QED) is 0.615. The number of hydrogen-bond acceptors (Lipinski definition) is 4. The minimum Gasteiger partial charge on any atom is -0.488 e. The average Bonchev–Trinajstić information content (AvgIpc) is 2.62. The summed E-state index contributed by atoms with van der Waals surface area (Å²) in [6.07, 6.45) is 1.78. The third-order valence-corrected chi connectivity index (χ3v) is 3.53. The number of rotatable bonds is 6. The molecule has 0 unspecified atom stereocenters. The fourth-order valence-corrected chi connectivity index (χ4v) is 2.30. The van der Waals surface area contributed by atoms with Gasteiger partial charge in [-0.3, -0.25) is 4.99 Å². The molecule has 0 fully saturated rings. The molecule has 0 aliphatic carbocycles. The lowest BCUT2D eigenvalue weighted by atomic mass is 10.1. The minimum absolute atomic E-state index is 0.239. The number of nitrogens with one attached hydrogen (secondary N) is 2. The fourth-order valence-electron chi connectivity index (χ4n) is 2.30. The topological polar surface area (TPSA) is 67.8 Å². The van der Waals surface area contributed by atoms with Crippen LogP contribution in [0.25, 0.3) is 0 Å². The monoisotopic (exact) mass is 356 g/mol. The molecule has 2 aromatic rings. The van der Waals surface area contributed by atoms with Crippen molar-refractivity contribution in [2.45, 2.75) is 39.5 Å². The van der Waals surface area contributed by atoms with Crippen molar-refractivity contribution in [3.05, 3.63) is 53.7 Å². The zero-order valence-electron chi connectivity index (χ0n) is 16.2. The van der Waals surface area contributed by atoms with Gasteiger partial charge in [-0.25, -0.2) is 4.98 Å². The predicted molar refractivity (Wildman–Crippen MR) is 105 cm³/mol. The van der Waals surface area contributed by atoms with Crippen LogP contribution in [0.3, 0.4) is 0 Å². The molecular formula is C20H28N4O2. The summed E-state index contributed by atoms with van der Waals surface area (Å²) in [5, 5.41) is 6.60. The Bertz CT molecular complexity index is 721. The number of methoxy groups -OCH3 is 1. The Morgan fingerprint density at radius 3 is 2.42 bits per heavy atom. The van der Waals surface area contributed by atoms with Crippen molar-refractivity contribution in [3.8, 4) is 11.6 Å². The van der Waals surface area contributed by atoms with Gasteiger partial charge in [-0.1, -0.05) is 24.3 Å². The molecule has 2 N–H and O–H groups in total. The molecule has 2 rings (SSSR count). The number of aliphatic imine (C=N–C) groups is 1. The summed E-state index contributed by atoms with van der Waals surface area (Å²) in [5.74, 6) is 2.19. The molecule has 0 atom stereocenters. The van der Waals surface area contributed by atoms with Crippen LogP contribution in [-0.4, -0.2) is 30.7 Å². The minimum atomic E-state index is -0.239. The number of nitrogens with zero attached hydrogens (tertiary/aromatic N) is 2. The molecule has 1 aromatic heterocycles. The molecule has 140 valence electrons. The van der Waals surface area contributed by atoms with Crippen LogP contribution in [-0.2, 0) is 13.1 Å². The van der Waals surface area contributed by atoms with Crippen molar-refractivity contribution in [1.82, 2.24) is 15.6 Å². The van der Waals surface area contributed by atoms with Crippen LogP contribution in [0.1, 0.15) is 31.9 Å². The first-order chi connectivity index (χ1) is 12.4. The molecule has 0 spiro atoms. The van der Waals surface area contributed by atoms with Crippen molar-refractivity contribution in [2.24, 2.45) is 4.99 Å². The van der Waals surface area contributed by atoms with Gasteiger partial charge in [0.2, 0.25) is 5.88 Å². The standard InChI is InChI=1S/C20H28N4O2/c1-20(2,3)26-17-9-7-6-8-16(17)14-24-19(21-4)23-13-15-10-11-18(25-5)22-12-15/h6-12H,13-14H2,1-5H3,(H2,21,23,24). The number of benzene rings is 1. The van der Waals surface area contributed by atoms with E-state index in [2.05, 4.69) is 26.7 Å². The summed E-state index contributed by atoms with van der Waals surface area (Å²) >= 11 is 0. The fraction of sp³-hybridized carbons (Fsp3) is 0.400. The van der Waals surface area contributed by atoms with Crippen LogP contribution in [0, 0.1) is 0 Å². The molecule has 26 heavy (non-hydrogen) atoms. The van der Waals surface area contributed by atoms with Crippen LogP contribution >= 0.6 is 0 Å². The summed E-state index contributed by atoms with van der Waals surface area (Å²) in [6.45, 7) is 7.37. The Labute approximate surface area is 155 Å². The van der Waals surface area contributed by atoms with E-state index in [-0.39, 0.29) is 5.60 Å². The summed E-state index contributed by atoms with van der Waals surface area (Å²) in [5.41, 5.74) is 1.89. The Balaban J connectivity index is 1.92. The van der Waals surface area contributed by atoms with Gasteiger partial charge in [0, 0.05) is 38.0 Å². The maximum Gasteiger partial charge on any atom is 0.212 e. The molecule has 0 saturated heterocycles. The van der Waals surface area contributed by atoms with Crippen molar-refractivity contribution < 1.29 is 9.47 Å². The van der Waals surface area contributed by atoms with Crippen molar-refractivity contribution in [3.63, 3.8) is 0 Å². The predicted octanol–water partition coefficient (Wildman–Crippen LogP) is 3.13. The van der Waals surface area contributed by atoms with Crippen molar-refractivity contribution in [1.29, 1.82) is 0 Å². The van der Waals surface area contributed by atoms with Gasteiger partial charge < -0.3 is 20.1 Å². The smallest absolute Gasteiger partial charge is 0.212 e. The molecule has 1 heterocycles. The average molecular weight is 356 g/mol. The van der Waals surface area contributed by atoms with Gasteiger partial charge in [-0.2, -0.15) is 0 Å². The number of hydrogen-bond donors (Lipinski definition) is 2. The number of pyridine rings is 1. The van der Waals surface area contributed by atoms with E-state index >= 15 is 0 Å². The van der Waals surface area contributed by atoms with Gasteiger partial charge in [0.05, 0.1) is 7.11 Å². The third kappa shape index (κ3) is 6.27. The lowest BCUT2D eigenvalue weighted by Gasteiger charge is -2.23. The summed E-state index contributed by atoms with van der Waals surface area (Å²) in [4.78, 5) is 8.47. The zero-order chi connectivity index (χ0) is 19.0. The van der Waals surface area contributed by atoms with E-state index in [9.17, 15) is 0 Å². The van der Waals surface area contributed by atoms with Gasteiger partial charge in [0.15, 0.2) is 5.96 Å². The number of aromatic nitrogens is 1. The highest BCUT2D eigenvalue weighted by Crippen LogP contribution is 2.22. The Kier molecular flexibility index (Phi) is 6.83. The maximum absolute atomic E-state index is 6.03. The van der Waals surface area contributed by atoms with E-state index in [4.69, 9.17) is 9.47 Å². The lowest BCUT2D eigenvalue weighted by molar-refractivity contribution is 0.129. The van der Waals surface area contributed by atoms with E-state index in [1.807, 2.05) is 51.1 Å². The SMILES string of the molecule is CN=C(NCc1ccc(OC)nc1)NCc1ccccc1OC(C)(C)C. The highest BCUT2D eigenvalue weighted by atomic mass is 16.5. The number of para-hydroxylation sites is 1. The molecule has 0 amide bonds. The zero-order valence-corrected chi connectivity index (χ0v) is 16.2. The van der Waals surface area contributed by atoms with Crippen LogP contribution in [0.2, 0.25) is 0 Å². The molecule has 1 aromatic carbocycles. The van der Waals surface area contributed by atoms with Gasteiger partial charge in [0.25, 0.3) is 0 Å². The Morgan fingerprint density at radius 2 is 1.81 bits per heavy atom. The normalized spacial score (nSPS) is 11.8. The Hall–Kier alpha value is -2.76. The van der Waals surface area contributed by atoms with Crippen LogP contribution in [0.15, 0.2) is 47.6 Å². The van der Waals surface area contributed by atoms with Gasteiger partial charge in [-0.05, 0) is 32.4 Å². The molecule has 0 radical (unpaired) electrons. The molecular weight excluding hydrogens is 328 g/mol. The molecule has 0 bridgehead atoms. The van der Waals surface area contributed by atoms with Crippen LogP contribution in [0.4, 0.5) is 0 Å². The number of guanidine groups is 1. The number of ether oxygens (including phenoxy) is 2. The second kappa shape index (κ2) is 9.08. The molecule has 0 aliphatic rings. The van der Waals surface area contributed by atoms with E-state index in [1.54, 1.807) is 20.4 Å². The van der Waals surface area contributed by atoms with E-state index in [0.717, 1.165) is 16.9 Å². The highest BCUT2D eigenvalue weighted by molar-refractivity contribution is 5.79. The Morgan fingerprint density at radius 1 is 1.08 bits per heavy atom. The summed E-state index contributed by atoms with van der Waals surface area (Å²) < 4.78 is 11.1. The molecule has 0 saturated carbocycles. The molecule has 6 nitrogen and oxygen atoms in total. The second-order valence-corrected chi connectivity index (χ2v) is 6.81. The van der Waals surface area contributed by atoms with E-state index < -0.39 is 0 Å². The molecule has 0 aliphatic heterocycles. The summed E-state index contributed by atoms with van der Waals surface area (Å²) in [7, 11) is 3.35. The van der Waals surface area contributed by atoms with Crippen LogP contribution in [0.5, 0.6) is 11.6 Å². The highest BCUT2D eigenvalue weighted by Gasteiger charge is 2.14. The molecule has 6 heteroatoms. The van der Waals surface area contributed by atoms with Crippen LogP contribution < -0.4 is 20.1 Å². The third-order valence-electron chi connectivity index (χ3n) is 3.53.